The van der Waals surface area contributed by atoms with Gasteiger partial charge in [0, 0.05) is 11.9 Å². The lowest BCUT2D eigenvalue weighted by atomic mass is 10.0. The highest BCUT2D eigenvalue weighted by atomic mass is 35.5. The van der Waals surface area contributed by atoms with E-state index in [1.807, 2.05) is 24.3 Å². The quantitative estimate of drug-likeness (QED) is 0.844. The molecule has 0 aliphatic carbocycles. The zero-order valence-corrected chi connectivity index (χ0v) is 12.6. The third kappa shape index (κ3) is 3.28. The Bertz CT molecular complexity index is 608. The van der Waals surface area contributed by atoms with E-state index < -0.39 is 0 Å². The van der Waals surface area contributed by atoms with Gasteiger partial charge < -0.3 is 5.32 Å². The predicted octanol–water partition coefficient (Wildman–Crippen LogP) is 4.05. The van der Waals surface area contributed by atoms with Crippen LogP contribution in [0.15, 0.2) is 30.3 Å². The van der Waals surface area contributed by atoms with Crippen molar-refractivity contribution >= 4 is 28.4 Å². The molecule has 1 aromatic carbocycles. The number of carbonyl (C=O) groups is 1. The van der Waals surface area contributed by atoms with Crippen LogP contribution in [-0.4, -0.2) is 17.4 Å². The molecule has 0 saturated carbocycles. The molecule has 0 unspecified atom stereocenters. The average Bonchev–Trinajstić information content (AvgIpc) is 2.47. The molecule has 20 heavy (non-hydrogen) atoms. The number of nitrogens with zero attached hydrogens (tertiary/aromatic N) is 1. The first kappa shape index (κ1) is 14.8. The molecule has 0 aliphatic heterocycles. The van der Waals surface area contributed by atoms with Gasteiger partial charge in [-0.1, -0.05) is 56.5 Å². The van der Waals surface area contributed by atoms with Crippen LogP contribution in [0, 0.1) is 5.92 Å². The number of fused-ring (bicyclic) bond motifs is 1. The summed E-state index contributed by atoms with van der Waals surface area (Å²) in [5, 5.41) is 4.17. The van der Waals surface area contributed by atoms with Crippen LogP contribution in [0.1, 0.15) is 37.0 Å². The smallest absolute Gasteiger partial charge is 0.252 e. The van der Waals surface area contributed by atoms with E-state index in [-0.39, 0.29) is 5.91 Å². The Morgan fingerprint density at radius 2 is 2.00 bits per heavy atom. The molecular weight excluding hydrogens is 272 g/mol. The topological polar surface area (TPSA) is 42.0 Å². The van der Waals surface area contributed by atoms with Gasteiger partial charge in [0.25, 0.3) is 5.91 Å². The minimum absolute atomic E-state index is 0.0857. The maximum atomic E-state index is 12.3. The lowest BCUT2D eigenvalue weighted by molar-refractivity contribution is 0.0948. The number of benzene rings is 1. The molecule has 0 aliphatic rings. The molecule has 0 radical (unpaired) electrons. The fourth-order valence-electron chi connectivity index (χ4n) is 2.24. The van der Waals surface area contributed by atoms with Crippen LogP contribution >= 0.6 is 11.6 Å². The van der Waals surface area contributed by atoms with E-state index in [0.717, 1.165) is 23.7 Å². The van der Waals surface area contributed by atoms with Crippen molar-refractivity contribution in [3.8, 4) is 0 Å². The van der Waals surface area contributed by atoms with Crippen molar-refractivity contribution in [2.75, 3.05) is 6.54 Å². The summed E-state index contributed by atoms with van der Waals surface area (Å²) in [5.41, 5.74) is 1.33. The van der Waals surface area contributed by atoms with Gasteiger partial charge in [-0.3, -0.25) is 4.79 Å². The molecule has 1 aromatic heterocycles. The van der Waals surface area contributed by atoms with Gasteiger partial charge in [0.2, 0.25) is 0 Å². The van der Waals surface area contributed by atoms with Gasteiger partial charge in [0.15, 0.2) is 0 Å². The average molecular weight is 291 g/mol. The zero-order chi connectivity index (χ0) is 14.5. The molecule has 3 nitrogen and oxygen atoms in total. The number of rotatable bonds is 5. The van der Waals surface area contributed by atoms with Crippen molar-refractivity contribution in [2.45, 2.75) is 26.7 Å². The van der Waals surface area contributed by atoms with Crippen LogP contribution < -0.4 is 5.32 Å². The van der Waals surface area contributed by atoms with E-state index in [1.54, 1.807) is 6.07 Å². The van der Waals surface area contributed by atoms with Crippen molar-refractivity contribution in [1.82, 2.24) is 10.3 Å². The highest BCUT2D eigenvalue weighted by Crippen LogP contribution is 2.20. The molecule has 0 saturated heterocycles. The highest BCUT2D eigenvalue weighted by molar-refractivity contribution is 6.30. The fraction of sp³-hybridized carbons (Fsp3) is 0.375. The lowest BCUT2D eigenvalue weighted by Gasteiger charge is -2.14. The molecule has 106 valence electrons. The van der Waals surface area contributed by atoms with E-state index in [4.69, 9.17) is 11.6 Å². The van der Waals surface area contributed by atoms with Crippen molar-refractivity contribution in [3.05, 3.63) is 41.0 Å². The number of nitrogens with one attached hydrogen (secondary N) is 1. The summed E-state index contributed by atoms with van der Waals surface area (Å²) in [6.45, 7) is 4.97. The number of hydrogen-bond donors (Lipinski definition) is 1. The van der Waals surface area contributed by atoms with Crippen LogP contribution in [0.5, 0.6) is 0 Å². The first-order valence-corrected chi connectivity index (χ1v) is 7.37. The molecule has 0 spiro atoms. The number of amides is 1. The Hall–Kier alpha value is -1.61. The van der Waals surface area contributed by atoms with E-state index in [1.165, 1.54) is 0 Å². The second-order valence-electron chi connectivity index (χ2n) is 4.90. The van der Waals surface area contributed by atoms with Gasteiger partial charge in [-0.05, 0) is 18.1 Å². The Kier molecular flexibility index (Phi) is 4.96. The Labute approximate surface area is 124 Å². The molecule has 2 rings (SSSR count). The minimum atomic E-state index is -0.0857. The summed E-state index contributed by atoms with van der Waals surface area (Å²) in [5.74, 6) is 0.430. The van der Waals surface area contributed by atoms with Gasteiger partial charge in [-0.2, -0.15) is 0 Å². The number of aromatic nitrogens is 1. The van der Waals surface area contributed by atoms with Gasteiger partial charge in [-0.25, -0.2) is 4.98 Å². The van der Waals surface area contributed by atoms with Crippen molar-refractivity contribution < 1.29 is 4.79 Å². The van der Waals surface area contributed by atoms with E-state index in [2.05, 4.69) is 24.1 Å². The summed E-state index contributed by atoms with van der Waals surface area (Å²) < 4.78 is 0. The molecule has 0 atom stereocenters. The Morgan fingerprint density at radius 1 is 1.30 bits per heavy atom. The molecule has 0 bridgehead atoms. The largest absolute Gasteiger partial charge is 0.352 e. The second-order valence-corrected chi connectivity index (χ2v) is 5.29. The summed E-state index contributed by atoms with van der Waals surface area (Å²) in [4.78, 5) is 16.6. The number of carbonyl (C=O) groups excluding carboxylic acids is 1. The van der Waals surface area contributed by atoms with E-state index >= 15 is 0 Å². The second kappa shape index (κ2) is 6.71. The fourth-order valence-corrected chi connectivity index (χ4v) is 2.44. The standard InChI is InChI=1S/C16H19ClN2O/c1-3-11(4-2)10-18-16(20)13-9-15(17)19-14-8-6-5-7-12(13)14/h5-9,11H,3-4,10H2,1-2H3,(H,18,20). The highest BCUT2D eigenvalue weighted by Gasteiger charge is 2.13. The summed E-state index contributed by atoms with van der Waals surface area (Å²) in [6.07, 6.45) is 2.13. The van der Waals surface area contributed by atoms with Gasteiger partial charge >= 0.3 is 0 Å². The van der Waals surface area contributed by atoms with E-state index in [9.17, 15) is 4.79 Å². The third-order valence-corrected chi connectivity index (χ3v) is 3.83. The molecular formula is C16H19ClN2O. The van der Waals surface area contributed by atoms with Crippen LogP contribution in [-0.2, 0) is 0 Å². The van der Waals surface area contributed by atoms with Gasteiger partial charge in [0.05, 0.1) is 11.1 Å². The van der Waals surface area contributed by atoms with Crippen molar-refractivity contribution in [2.24, 2.45) is 5.92 Å². The molecule has 4 heteroatoms. The van der Waals surface area contributed by atoms with Crippen LogP contribution in [0.2, 0.25) is 5.15 Å². The van der Waals surface area contributed by atoms with E-state index in [0.29, 0.717) is 23.2 Å². The van der Waals surface area contributed by atoms with Crippen molar-refractivity contribution in [3.63, 3.8) is 0 Å². The lowest BCUT2D eigenvalue weighted by Crippen LogP contribution is -2.29. The number of para-hydroxylation sites is 1. The Balaban J connectivity index is 2.25. The molecule has 1 heterocycles. The first-order chi connectivity index (χ1) is 9.65. The summed E-state index contributed by atoms with van der Waals surface area (Å²) in [7, 11) is 0. The molecule has 1 N–H and O–H groups in total. The van der Waals surface area contributed by atoms with Crippen LogP contribution in [0.3, 0.4) is 0 Å². The summed E-state index contributed by atoms with van der Waals surface area (Å²) in [6, 6.07) is 9.17. The maximum absolute atomic E-state index is 12.3. The van der Waals surface area contributed by atoms with Crippen molar-refractivity contribution in [1.29, 1.82) is 0 Å². The van der Waals surface area contributed by atoms with Crippen LogP contribution in [0.4, 0.5) is 0 Å². The minimum Gasteiger partial charge on any atom is -0.352 e. The summed E-state index contributed by atoms with van der Waals surface area (Å²) >= 11 is 5.99. The van der Waals surface area contributed by atoms with Gasteiger partial charge in [0.1, 0.15) is 5.15 Å². The first-order valence-electron chi connectivity index (χ1n) is 6.99. The zero-order valence-electron chi connectivity index (χ0n) is 11.8. The predicted molar refractivity (Wildman–Crippen MR) is 83.2 cm³/mol. The monoisotopic (exact) mass is 290 g/mol. The normalized spacial score (nSPS) is 11.0. The maximum Gasteiger partial charge on any atom is 0.252 e. The molecule has 1 amide bonds. The van der Waals surface area contributed by atoms with Gasteiger partial charge in [-0.15, -0.1) is 0 Å². The molecule has 2 aromatic rings. The number of pyridine rings is 1. The third-order valence-electron chi connectivity index (χ3n) is 3.64. The molecule has 0 fully saturated rings. The SMILES string of the molecule is CCC(CC)CNC(=O)c1cc(Cl)nc2ccccc12. The number of halogens is 1. The van der Waals surface area contributed by atoms with Crippen LogP contribution in [0.25, 0.3) is 10.9 Å². The Morgan fingerprint density at radius 3 is 2.70 bits per heavy atom. The number of hydrogen-bond acceptors (Lipinski definition) is 2.